The summed E-state index contributed by atoms with van der Waals surface area (Å²) >= 11 is 0. The van der Waals surface area contributed by atoms with E-state index in [2.05, 4.69) is 5.10 Å². The van der Waals surface area contributed by atoms with Gasteiger partial charge in [-0.1, -0.05) is 6.92 Å². The predicted octanol–water partition coefficient (Wildman–Crippen LogP) is 0.836. The predicted molar refractivity (Wildman–Crippen MR) is 53.5 cm³/mol. The van der Waals surface area contributed by atoms with Crippen molar-refractivity contribution in [2.24, 2.45) is 11.8 Å². The largest absolute Gasteiger partial charge is 0.435 e. The summed E-state index contributed by atoms with van der Waals surface area (Å²) in [6.07, 6.45) is -4.48. The van der Waals surface area contributed by atoms with Gasteiger partial charge in [-0.15, -0.1) is 0 Å². The third-order valence-electron chi connectivity index (χ3n) is 2.31. The Morgan fingerprint density at radius 3 is 2.65 bits per heavy atom. The molecule has 1 atom stereocenters. The number of carbonyl (C=O) groups is 1. The van der Waals surface area contributed by atoms with Crippen LogP contribution in [0.5, 0.6) is 0 Å². The zero-order valence-corrected chi connectivity index (χ0v) is 9.38. The van der Waals surface area contributed by atoms with Gasteiger partial charge >= 0.3 is 6.18 Å². The molecule has 0 aromatic carbocycles. The van der Waals surface area contributed by atoms with Crippen molar-refractivity contribution in [3.63, 3.8) is 0 Å². The lowest BCUT2D eigenvalue weighted by Gasteiger charge is -2.11. The summed E-state index contributed by atoms with van der Waals surface area (Å²) in [5.74, 6) is 3.92. The van der Waals surface area contributed by atoms with Crippen LogP contribution in [0, 0.1) is 12.8 Å². The smallest absolute Gasteiger partial charge is 0.294 e. The number of alkyl halides is 3. The normalized spacial score (nSPS) is 13.5. The Balaban J connectivity index is 2.86. The lowest BCUT2D eigenvalue weighted by atomic mass is 10.2. The molecule has 0 fully saturated rings. The van der Waals surface area contributed by atoms with Gasteiger partial charge in [-0.25, -0.2) is 5.84 Å². The molecule has 96 valence electrons. The Labute approximate surface area is 95.7 Å². The molecule has 0 radical (unpaired) electrons. The molecule has 5 nitrogen and oxygen atoms in total. The number of carbonyl (C=O) groups excluding carboxylic acids is 1. The maximum absolute atomic E-state index is 12.4. The van der Waals surface area contributed by atoms with Crippen molar-refractivity contribution in [1.82, 2.24) is 15.2 Å². The molecule has 0 spiro atoms. The first kappa shape index (κ1) is 13.5. The van der Waals surface area contributed by atoms with Crippen molar-refractivity contribution >= 4 is 5.91 Å². The number of hydrogen-bond donors (Lipinski definition) is 2. The van der Waals surface area contributed by atoms with Gasteiger partial charge in [0.05, 0.1) is 12.5 Å². The van der Waals surface area contributed by atoms with Crippen molar-refractivity contribution < 1.29 is 18.0 Å². The van der Waals surface area contributed by atoms with E-state index in [0.29, 0.717) is 5.69 Å². The van der Waals surface area contributed by atoms with Gasteiger partial charge in [0.1, 0.15) is 0 Å². The fourth-order valence-corrected chi connectivity index (χ4v) is 1.32. The van der Waals surface area contributed by atoms with Crippen LogP contribution < -0.4 is 11.3 Å². The van der Waals surface area contributed by atoms with Crippen molar-refractivity contribution in [3.05, 3.63) is 17.5 Å². The molecule has 0 unspecified atom stereocenters. The molecule has 1 amide bonds. The number of rotatable bonds is 3. The fourth-order valence-electron chi connectivity index (χ4n) is 1.32. The van der Waals surface area contributed by atoms with Gasteiger partial charge < -0.3 is 0 Å². The van der Waals surface area contributed by atoms with E-state index in [1.165, 1.54) is 6.92 Å². The fraction of sp³-hybridized carbons (Fsp3) is 0.556. The van der Waals surface area contributed by atoms with Crippen molar-refractivity contribution in [1.29, 1.82) is 0 Å². The van der Waals surface area contributed by atoms with Crippen molar-refractivity contribution in [2.45, 2.75) is 26.6 Å². The molecule has 17 heavy (non-hydrogen) atoms. The maximum atomic E-state index is 12.4. The highest BCUT2D eigenvalue weighted by atomic mass is 19.4. The van der Waals surface area contributed by atoms with Gasteiger partial charge in [-0.05, 0) is 13.0 Å². The van der Waals surface area contributed by atoms with Gasteiger partial charge in [-0.3, -0.25) is 14.9 Å². The van der Waals surface area contributed by atoms with E-state index < -0.39 is 23.7 Å². The number of nitrogens with two attached hydrogens (primary N) is 1. The lowest BCUT2D eigenvalue weighted by molar-refractivity contribution is -0.141. The number of amides is 1. The van der Waals surface area contributed by atoms with Crippen LogP contribution in [0.2, 0.25) is 0 Å². The number of nitrogens with one attached hydrogen (secondary N) is 1. The summed E-state index contributed by atoms with van der Waals surface area (Å²) in [4.78, 5) is 11.1. The van der Waals surface area contributed by atoms with E-state index in [0.717, 1.165) is 10.7 Å². The maximum Gasteiger partial charge on any atom is 0.435 e. The Bertz CT molecular complexity index is 413. The van der Waals surface area contributed by atoms with Crippen LogP contribution in [-0.4, -0.2) is 15.7 Å². The first-order valence-electron chi connectivity index (χ1n) is 4.87. The Hall–Kier alpha value is -1.57. The van der Waals surface area contributed by atoms with E-state index in [1.54, 1.807) is 6.92 Å². The van der Waals surface area contributed by atoms with Gasteiger partial charge in [0.15, 0.2) is 5.69 Å². The average molecular weight is 250 g/mol. The SMILES string of the molecule is Cc1cc(C(F)(F)F)nn1C[C@@H](C)C(=O)NN. The third kappa shape index (κ3) is 3.19. The summed E-state index contributed by atoms with van der Waals surface area (Å²) < 4.78 is 38.2. The molecule has 0 bridgehead atoms. The van der Waals surface area contributed by atoms with Crippen LogP contribution in [0.3, 0.4) is 0 Å². The molecule has 1 rings (SSSR count). The standard InChI is InChI=1S/C9H13F3N4O/c1-5(8(17)14-13)4-16-6(2)3-7(15-16)9(10,11)12/h3,5H,4,13H2,1-2H3,(H,14,17)/t5-/m1/s1. The third-order valence-corrected chi connectivity index (χ3v) is 2.31. The number of aryl methyl sites for hydroxylation is 1. The minimum Gasteiger partial charge on any atom is -0.294 e. The molecular weight excluding hydrogens is 237 g/mol. The van der Waals surface area contributed by atoms with Gasteiger partial charge in [0.2, 0.25) is 5.91 Å². The number of halogens is 3. The average Bonchev–Trinajstić information content (AvgIpc) is 2.58. The summed E-state index contributed by atoms with van der Waals surface area (Å²) in [6.45, 7) is 3.09. The summed E-state index contributed by atoms with van der Waals surface area (Å²) in [5, 5.41) is 3.41. The molecule has 1 heterocycles. The van der Waals surface area contributed by atoms with Gasteiger partial charge in [0, 0.05) is 5.69 Å². The zero-order valence-electron chi connectivity index (χ0n) is 9.38. The highest BCUT2D eigenvalue weighted by Crippen LogP contribution is 2.28. The first-order chi connectivity index (χ1) is 7.75. The second-order valence-electron chi connectivity index (χ2n) is 3.76. The quantitative estimate of drug-likeness (QED) is 0.474. The van der Waals surface area contributed by atoms with E-state index in [4.69, 9.17) is 5.84 Å². The summed E-state index contributed by atoms with van der Waals surface area (Å²) in [5.41, 5.74) is 1.32. The van der Waals surface area contributed by atoms with E-state index in [9.17, 15) is 18.0 Å². The van der Waals surface area contributed by atoms with Crippen LogP contribution in [0.1, 0.15) is 18.3 Å². The lowest BCUT2D eigenvalue weighted by Crippen LogP contribution is -2.36. The highest BCUT2D eigenvalue weighted by Gasteiger charge is 2.34. The van der Waals surface area contributed by atoms with Crippen molar-refractivity contribution in [3.8, 4) is 0 Å². The Morgan fingerprint density at radius 2 is 2.24 bits per heavy atom. The first-order valence-corrected chi connectivity index (χ1v) is 4.87. The van der Waals surface area contributed by atoms with Crippen LogP contribution in [0.15, 0.2) is 6.07 Å². The molecule has 0 aliphatic rings. The molecule has 1 aromatic rings. The minimum absolute atomic E-state index is 0.0466. The molecule has 8 heteroatoms. The monoisotopic (exact) mass is 250 g/mol. The molecule has 1 aromatic heterocycles. The molecule has 0 aliphatic carbocycles. The van der Waals surface area contributed by atoms with E-state index in [-0.39, 0.29) is 6.54 Å². The van der Waals surface area contributed by atoms with Gasteiger partial charge in [0.25, 0.3) is 0 Å². The second kappa shape index (κ2) is 4.74. The summed E-state index contributed by atoms with van der Waals surface area (Å²) in [6, 6.07) is 0.938. The highest BCUT2D eigenvalue weighted by molar-refractivity contribution is 5.77. The van der Waals surface area contributed by atoms with Crippen LogP contribution >= 0.6 is 0 Å². The minimum atomic E-state index is -4.48. The number of hydrogen-bond acceptors (Lipinski definition) is 3. The van der Waals surface area contributed by atoms with E-state index >= 15 is 0 Å². The molecule has 3 N–H and O–H groups in total. The van der Waals surface area contributed by atoms with Gasteiger partial charge in [-0.2, -0.15) is 18.3 Å². The zero-order chi connectivity index (χ0) is 13.2. The number of nitrogens with zero attached hydrogens (tertiary/aromatic N) is 2. The van der Waals surface area contributed by atoms with Crippen LogP contribution in [0.25, 0.3) is 0 Å². The topological polar surface area (TPSA) is 72.9 Å². The van der Waals surface area contributed by atoms with Crippen molar-refractivity contribution in [2.75, 3.05) is 0 Å². The molecule has 0 saturated carbocycles. The number of hydrazine groups is 1. The molecule has 0 saturated heterocycles. The van der Waals surface area contributed by atoms with Crippen LogP contribution in [-0.2, 0) is 17.5 Å². The summed E-state index contributed by atoms with van der Waals surface area (Å²) in [7, 11) is 0. The molecular formula is C9H13F3N4O. The Kier molecular flexibility index (Phi) is 3.76. The second-order valence-corrected chi connectivity index (χ2v) is 3.76. The van der Waals surface area contributed by atoms with E-state index in [1.807, 2.05) is 5.43 Å². The Morgan fingerprint density at radius 1 is 1.65 bits per heavy atom. The number of aromatic nitrogens is 2. The van der Waals surface area contributed by atoms with Crippen LogP contribution in [0.4, 0.5) is 13.2 Å². The molecule has 0 aliphatic heterocycles.